The summed E-state index contributed by atoms with van der Waals surface area (Å²) in [6, 6.07) is 11.4. The number of methoxy groups -OCH3 is 2. The van der Waals surface area contributed by atoms with Crippen molar-refractivity contribution in [1.29, 1.82) is 0 Å². The van der Waals surface area contributed by atoms with Crippen LogP contribution in [0.25, 0.3) is 10.2 Å². The molecule has 0 bridgehead atoms. The Kier molecular flexibility index (Phi) is 11.1. The van der Waals surface area contributed by atoms with Gasteiger partial charge in [0.15, 0.2) is 5.13 Å². The maximum absolute atomic E-state index is 13.2. The Morgan fingerprint density at radius 2 is 1.73 bits per heavy atom. The van der Waals surface area contributed by atoms with E-state index in [9.17, 15) is 4.79 Å². The van der Waals surface area contributed by atoms with Gasteiger partial charge in [0.25, 0.3) is 0 Å². The normalized spacial score (nSPS) is 10.8. The number of thioether (sulfide) groups is 1. The zero-order valence-corrected chi connectivity index (χ0v) is 22.4. The number of hydrogen-bond acceptors (Lipinski definition) is 7. The molecule has 2 aromatic carbocycles. The van der Waals surface area contributed by atoms with Crippen molar-refractivity contribution < 1.29 is 14.3 Å². The fourth-order valence-electron chi connectivity index (χ4n) is 3.18. The summed E-state index contributed by atoms with van der Waals surface area (Å²) in [6.45, 7) is 1.49. The van der Waals surface area contributed by atoms with E-state index in [1.54, 1.807) is 30.9 Å². The van der Waals surface area contributed by atoms with E-state index in [4.69, 9.17) is 26.1 Å². The first-order chi connectivity index (χ1) is 15.4. The van der Waals surface area contributed by atoms with Gasteiger partial charge >= 0.3 is 0 Å². The molecule has 1 aromatic heterocycles. The minimum atomic E-state index is 0. The molecule has 0 radical (unpaired) electrons. The number of carbonyl (C=O) groups is 1. The number of amides is 1. The van der Waals surface area contributed by atoms with Crippen LogP contribution in [0.4, 0.5) is 5.13 Å². The minimum Gasteiger partial charge on any atom is -0.495 e. The molecule has 0 unspecified atom stereocenters. The van der Waals surface area contributed by atoms with Crippen LogP contribution in [0.5, 0.6) is 11.5 Å². The van der Waals surface area contributed by atoms with Crippen molar-refractivity contribution in [2.75, 3.05) is 52.1 Å². The predicted octanol–water partition coefficient (Wildman–Crippen LogP) is 5.86. The maximum Gasteiger partial charge on any atom is 0.229 e. The maximum atomic E-state index is 13.2. The van der Waals surface area contributed by atoms with Crippen molar-refractivity contribution in [3.63, 3.8) is 0 Å². The van der Waals surface area contributed by atoms with Crippen LogP contribution in [-0.4, -0.2) is 62.9 Å². The Morgan fingerprint density at radius 3 is 2.36 bits per heavy atom. The molecule has 3 rings (SSSR count). The molecule has 0 fully saturated rings. The van der Waals surface area contributed by atoms with Crippen LogP contribution in [0.1, 0.15) is 12.8 Å². The molecular weight excluding hydrogens is 501 g/mol. The highest BCUT2D eigenvalue weighted by Crippen LogP contribution is 2.40. The molecule has 1 amide bonds. The Balaban J connectivity index is 0.00000385. The molecule has 0 atom stereocenters. The quantitative estimate of drug-likeness (QED) is 0.290. The lowest BCUT2D eigenvalue weighted by atomic mass is 10.3. The van der Waals surface area contributed by atoms with Gasteiger partial charge in [0, 0.05) is 28.6 Å². The summed E-state index contributed by atoms with van der Waals surface area (Å²) >= 11 is 9.06. The summed E-state index contributed by atoms with van der Waals surface area (Å²) in [7, 11) is 7.31. The van der Waals surface area contributed by atoms with E-state index in [1.807, 2.05) is 50.5 Å². The average molecular weight is 531 g/mol. The van der Waals surface area contributed by atoms with Crippen LogP contribution in [-0.2, 0) is 4.79 Å². The highest BCUT2D eigenvalue weighted by Gasteiger charge is 2.22. The molecule has 10 heteroatoms. The highest BCUT2D eigenvalue weighted by atomic mass is 35.5. The van der Waals surface area contributed by atoms with Crippen molar-refractivity contribution in [2.24, 2.45) is 0 Å². The molecule has 0 spiro atoms. The Hall–Kier alpha value is -1.71. The number of ether oxygens (including phenoxy) is 2. The average Bonchev–Trinajstić information content (AvgIpc) is 3.22. The van der Waals surface area contributed by atoms with Gasteiger partial charge in [0.1, 0.15) is 21.7 Å². The smallest absolute Gasteiger partial charge is 0.229 e. The number of halogens is 2. The monoisotopic (exact) mass is 529 g/mol. The summed E-state index contributed by atoms with van der Waals surface area (Å²) in [5, 5.41) is 1.38. The topological polar surface area (TPSA) is 54.9 Å². The standard InChI is InChI=1S/C23H28ClN3O3S2.ClH/c1-26(2)13-5-14-27(20(28)12-15-31-17-8-6-16(24)7-9-17)23-25-21-18(29-3)10-11-19(30-4)22(21)32-23;/h6-11H,5,12-15H2,1-4H3;1H. The number of anilines is 1. The van der Waals surface area contributed by atoms with Crippen LogP contribution in [0.15, 0.2) is 41.3 Å². The zero-order chi connectivity index (χ0) is 23.1. The number of hydrogen-bond donors (Lipinski definition) is 0. The van der Waals surface area contributed by atoms with E-state index in [0.717, 1.165) is 28.3 Å². The third-order valence-electron chi connectivity index (χ3n) is 4.82. The van der Waals surface area contributed by atoms with Crippen molar-refractivity contribution in [3.05, 3.63) is 41.4 Å². The molecule has 33 heavy (non-hydrogen) atoms. The van der Waals surface area contributed by atoms with E-state index in [1.165, 1.54) is 11.3 Å². The lowest BCUT2D eigenvalue weighted by Crippen LogP contribution is -2.33. The number of carbonyl (C=O) groups excluding carboxylic acids is 1. The van der Waals surface area contributed by atoms with Gasteiger partial charge in [-0.15, -0.1) is 24.2 Å². The zero-order valence-electron chi connectivity index (χ0n) is 19.2. The number of fused-ring (bicyclic) bond motifs is 1. The van der Waals surface area contributed by atoms with E-state index < -0.39 is 0 Å². The SMILES string of the molecule is COc1ccc(OC)c2sc(N(CCCN(C)C)C(=O)CCSc3ccc(Cl)cc3)nc12.Cl. The fourth-order valence-corrected chi connectivity index (χ4v) is 5.27. The number of benzene rings is 2. The number of rotatable bonds is 11. The van der Waals surface area contributed by atoms with Crippen LogP contribution in [0, 0.1) is 0 Å². The molecule has 3 aromatic rings. The van der Waals surface area contributed by atoms with E-state index in [0.29, 0.717) is 40.1 Å². The summed E-state index contributed by atoms with van der Waals surface area (Å²) < 4.78 is 11.9. The molecule has 0 N–H and O–H groups in total. The molecule has 6 nitrogen and oxygen atoms in total. The van der Waals surface area contributed by atoms with E-state index in [2.05, 4.69) is 4.90 Å². The molecule has 0 saturated heterocycles. The number of aromatic nitrogens is 1. The van der Waals surface area contributed by atoms with Crippen LogP contribution < -0.4 is 14.4 Å². The van der Waals surface area contributed by atoms with Crippen LogP contribution in [0.2, 0.25) is 5.02 Å². The van der Waals surface area contributed by atoms with Crippen molar-refractivity contribution in [2.45, 2.75) is 17.7 Å². The number of thiazole rings is 1. The first kappa shape index (κ1) is 27.5. The van der Waals surface area contributed by atoms with Crippen LogP contribution in [0.3, 0.4) is 0 Å². The summed E-state index contributed by atoms with van der Waals surface area (Å²) in [5.74, 6) is 2.13. The molecule has 0 aliphatic heterocycles. The lowest BCUT2D eigenvalue weighted by molar-refractivity contribution is -0.118. The molecular formula is C23H29Cl2N3O3S2. The fraction of sp³-hybridized carbons (Fsp3) is 0.391. The summed E-state index contributed by atoms with van der Waals surface area (Å²) in [6.07, 6.45) is 1.27. The summed E-state index contributed by atoms with van der Waals surface area (Å²) in [4.78, 5) is 23.0. The first-order valence-corrected chi connectivity index (χ1v) is 12.5. The van der Waals surface area contributed by atoms with Gasteiger partial charge in [0.05, 0.1) is 14.2 Å². The van der Waals surface area contributed by atoms with Gasteiger partial charge < -0.3 is 14.4 Å². The second-order valence-corrected chi connectivity index (χ2v) is 9.98. The number of nitrogens with zero attached hydrogens (tertiary/aromatic N) is 3. The van der Waals surface area contributed by atoms with E-state index in [-0.39, 0.29) is 18.3 Å². The Labute approximate surface area is 214 Å². The minimum absolute atomic E-state index is 0. The first-order valence-electron chi connectivity index (χ1n) is 10.3. The molecule has 180 valence electrons. The Bertz CT molecular complexity index is 1000. The third kappa shape index (κ3) is 7.39. The van der Waals surface area contributed by atoms with Gasteiger partial charge in [0.2, 0.25) is 5.91 Å². The molecule has 1 heterocycles. The van der Waals surface area contributed by atoms with Crippen molar-refractivity contribution in [3.8, 4) is 11.5 Å². The van der Waals surface area contributed by atoms with Gasteiger partial charge in [-0.3, -0.25) is 9.69 Å². The van der Waals surface area contributed by atoms with Gasteiger partial charge in [-0.2, -0.15) is 0 Å². The molecule has 0 aliphatic carbocycles. The summed E-state index contributed by atoms with van der Waals surface area (Å²) in [5.41, 5.74) is 0.716. The highest BCUT2D eigenvalue weighted by molar-refractivity contribution is 7.99. The third-order valence-corrected chi connectivity index (χ3v) is 7.17. The van der Waals surface area contributed by atoms with Crippen molar-refractivity contribution in [1.82, 2.24) is 9.88 Å². The van der Waals surface area contributed by atoms with Gasteiger partial charge in [-0.1, -0.05) is 22.9 Å². The lowest BCUT2D eigenvalue weighted by Gasteiger charge is -2.21. The largest absolute Gasteiger partial charge is 0.495 e. The van der Waals surface area contributed by atoms with Crippen LogP contribution >= 0.6 is 47.1 Å². The molecule has 0 aliphatic rings. The van der Waals surface area contributed by atoms with Crippen molar-refractivity contribution >= 4 is 68.4 Å². The predicted molar refractivity (Wildman–Crippen MR) is 142 cm³/mol. The second kappa shape index (κ2) is 13.2. The second-order valence-electron chi connectivity index (χ2n) is 7.40. The Morgan fingerprint density at radius 1 is 1.06 bits per heavy atom. The van der Waals surface area contributed by atoms with Gasteiger partial charge in [-0.05, 0) is 63.5 Å². The molecule has 0 saturated carbocycles. The van der Waals surface area contributed by atoms with E-state index >= 15 is 0 Å². The van der Waals surface area contributed by atoms with Gasteiger partial charge in [-0.25, -0.2) is 4.98 Å².